The smallest absolute Gasteiger partial charge is 0.237 e. The predicted octanol–water partition coefficient (Wildman–Crippen LogP) is 1.90. The Morgan fingerprint density at radius 1 is 1.60 bits per heavy atom. The number of hydrogen-bond donors (Lipinski definition) is 2. The Morgan fingerprint density at radius 3 is 2.95 bits per heavy atom. The number of nitrogen functional groups attached to an aromatic ring is 1. The number of nitrogens with one attached hydrogen (secondary N) is 1. The normalized spacial score (nSPS) is 12.2. The Labute approximate surface area is 123 Å². The van der Waals surface area contributed by atoms with E-state index in [1.54, 1.807) is 6.92 Å². The molecular formula is C11H11ClFN5OS. The van der Waals surface area contributed by atoms with Crippen LogP contribution in [-0.4, -0.2) is 26.0 Å². The number of aromatic nitrogens is 3. The van der Waals surface area contributed by atoms with Gasteiger partial charge >= 0.3 is 0 Å². The fourth-order valence-electron chi connectivity index (χ4n) is 1.35. The second kappa shape index (κ2) is 6.10. The fraction of sp³-hybridized carbons (Fsp3) is 0.182. The predicted molar refractivity (Wildman–Crippen MR) is 75.5 cm³/mol. The van der Waals surface area contributed by atoms with E-state index in [0.29, 0.717) is 10.8 Å². The quantitative estimate of drug-likeness (QED) is 0.665. The monoisotopic (exact) mass is 315 g/mol. The summed E-state index contributed by atoms with van der Waals surface area (Å²) in [5.74, 6) is 4.74. The number of nitrogens with two attached hydrogens (primary N) is 1. The average molecular weight is 316 g/mol. The maximum atomic E-state index is 13.0. The minimum absolute atomic E-state index is 0.0511. The van der Waals surface area contributed by atoms with E-state index in [-0.39, 0.29) is 10.9 Å². The van der Waals surface area contributed by atoms with Crippen LogP contribution in [0.25, 0.3) is 0 Å². The molecule has 2 rings (SSSR count). The van der Waals surface area contributed by atoms with Gasteiger partial charge in [-0.2, -0.15) is 0 Å². The van der Waals surface area contributed by atoms with Crippen LogP contribution >= 0.6 is 23.4 Å². The van der Waals surface area contributed by atoms with Crippen molar-refractivity contribution >= 4 is 35.0 Å². The Bertz CT molecular complexity index is 635. The molecule has 6 nitrogen and oxygen atoms in total. The molecule has 0 aliphatic carbocycles. The summed E-state index contributed by atoms with van der Waals surface area (Å²) in [7, 11) is 0. The van der Waals surface area contributed by atoms with Crippen LogP contribution in [0.1, 0.15) is 6.92 Å². The van der Waals surface area contributed by atoms with Crippen molar-refractivity contribution in [1.29, 1.82) is 0 Å². The largest absolute Gasteiger partial charge is 0.336 e. The van der Waals surface area contributed by atoms with Crippen molar-refractivity contribution in [2.45, 2.75) is 17.3 Å². The lowest BCUT2D eigenvalue weighted by Gasteiger charge is -2.11. The van der Waals surface area contributed by atoms with Gasteiger partial charge in [-0.3, -0.25) is 4.79 Å². The van der Waals surface area contributed by atoms with Crippen LogP contribution in [-0.2, 0) is 4.79 Å². The van der Waals surface area contributed by atoms with Gasteiger partial charge in [0, 0.05) is 5.69 Å². The molecule has 1 heterocycles. The molecule has 0 spiro atoms. The first-order valence-corrected chi connectivity index (χ1v) is 6.81. The number of anilines is 1. The van der Waals surface area contributed by atoms with Crippen LogP contribution in [0, 0.1) is 5.82 Å². The van der Waals surface area contributed by atoms with E-state index >= 15 is 0 Å². The van der Waals surface area contributed by atoms with E-state index in [1.165, 1.54) is 29.2 Å². The Kier molecular flexibility index (Phi) is 4.46. The van der Waals surface area contributed by atoms with Crippen molar-refractivity contribution in [3.8, 4) is 0 Å². The summed E-state index contributed by atoms with van der Waals surface area (Å²) in [6.07, 6.45) is 1.34. The zero-order valence-corrected chi connectivity index (χ0v) is 12.0. The molecule has 1 atom stereocenters. The van der Waals surface area contributed by atoms with Gasteiger partial charge in [-0.25, -0.2) is 9.07 Å². The highest BCUT2D eigenvalue weighted by Gasteiger charge is 2.17. The first-order chi connectivity index (χ1) is 9.47. The summed E-state index contributed by atoms with van der Waals surface area (Å²) in [6, 6.07) is 3.96. The number of carbonyl (C=O) groups is 1. The second-order valence-corrected chi connectivity index (χ2v) is 5.61. The molecule has 3 N–H and O–H groups in total. The highest BCUT2D eigenvalue weighted by molar-refractivity contribution is 8.00. The molecule has 0 aliphatic rings. The number of nitrogens with zero attached hydrogens (tertiary/aromatic N) is 3. The molecule has 1 amide bonds. The third-order valence-corrected chi connectivity index (χ3v) is 3.74. The molecule has 0 radical (unpaired) electrons. The van der Waals surface area contributed by atoms with E-state index in [2.05, 4.69) is 15.5 Å². The lowest BCUT2D eigenvalue weighted by Crippen LogP contribution is -2.23. The van der Waals surface area contributed by atoms with Gasteiger partial charge in [0.05, 0.1) is 10.3 Å². The molecule has 0 unspecified atom stereocenters. The summed E-state index contributed by atoms with van der Waals surface area (Å²) >= 11 is 6.80. The summed E-state index contributed by atoms with van der Waals surface area (Å²) in [5.41, 5.74) is 0.420. The van der Waals surface area contributed by atoms with Gasteiger partial charge in [-0.15, -0.1) is 10.2 Å². The molecule has 0 saturated carbocycles. The van der Waals surface area contributed by atoms with E-state index < -0.39 is 11.1 Å². The van der Waals surface area contributed by atoms with Crippen molar-refractivity contribution in [2.75, 3.05) is 11.2 Å². The van der Waals surface area contributed by atoms with Crippen LogP contribution in [0.5, 0.6) is 0 Å². The average Bonchev–Trinajstić information content (AvgIpc) is 2.79. The minimum atomic E-state index is -0.539. The molecule has 9 heteroatoms. The molecule has 1 aromatic heterocycles. The Hall–Kier alpha value is -1.80. The summed E-state index contributed by atoms with van der Waals surface area (Å²) < 4.78 is 14.2. The molecule has 106 valence electrons. The van der Waals surface area contributed by atoms with E-state index in [9.17, 15) is 9.18 Å². The minimum Gasteiger partial charge on any atom is -0.336 e. The number of hydrogen-bond acceptors (Lipinski definition) is 5. The van der Waals surface area contributed by atoms with Gasteiger partial charge in [0.25, 0.3) is 0 Å². The van der Waals surface area contributed by atoms with Gasteiger partial charge in [0.15, 0.2) is 0 Å². The van der Waals surface area contributed by atoms with Gasteiger partial charge in [0.2, 0.25) is 11.1 Å². The molecule has 0 bridgehead atoms. The van der Waals surface area contributed by atoms with Crippen molar-refractivity contribution in [2.24, 2.45) is 0 Å². The van der Waals surface area contributed by atoms with Crippen molar-refractivity contribution in [3.63, 3.8) is 0 Å². The number of amides is 1. The zero-order valence-electron chi connectivity index (χ0n) is 10.4. The Morgan fingerprint density at radius 2 is 2.35 bits per heavy atom. The third kappa shape index (κ3) is 3.40. The number of carbonyl (C=O) groups excluding carboxylic acids is 1. The number of halogens is 2. The Balaban J connectivity index is 2.00. The van der Waals surface area contributed by atoms with Crippen molar-refractivity contribution < 1.29 is 9.18 Å². The first-order valence-electron chi connectivity index (χ1n) is 5.55. The van der Waals surface area contributed by atoms with Crippen LogP contribution in [0.15, 0.2) is 29.7 Å². The molecule has 0 aliphatic heterocycles. The number of benzene rings is 1. The first kappa shape index (κ1) is 14.6. The van der Waals surface area contributed by atoms with Crippen molar-refractivity contribution in [1.82, 2.24) is 14.9 Å². The standard InChI is InChI=1S/C11H11ClFN5OS/c1-6(20-11-17-15-5-18(11)14)10(19)16-7-2-3-9(13)8(12)4-7/h2-6H,14H2,1H3,(H,16,19)/t6-/m1/s1. The van der Waals surface area contributed by atoms with Gasteiger partial charge in [-0.1, -0.05) is 23.4 Å². The van der Waals surface area contributed by atoms with Gasteiger partial charge < -0.3 is 11.2 Å². The van der Waals surface area contributed by atoms with E-state index in [1.807, 2.05) is 0 Å². The molecule has 20 heavy (non-hydrogen) atoms. The summed E-state index contributed by atoms with van der Waals surface area (Å²) in [6.45, 7) is 1.69. The SMILES string of the molecule is C[C@@H](Sc1nncn1N)C(=O)Nc1ccc(F)c(Cl)c1. The van der Waals surface area contributed by atoms with Crippen LogP contribution < -0.4 is 11.2 Å². The lowest BCUT2D eigenvalue weighted by molar-refractivity contribution is -0.115. The molecule has 0 fully saturated rings. The second-order valence-electron chi connectivity index (χ2n) is 3.90. The molecule has 1 aromatic carbocycles. The van der Waals surface area contributed by atoms with Crippen molar-refractivity contribution in [3.05, 3.63) is 35.4 Å². The third-order valence-electron chi connectivity index (χ3n) is 2.38. The molecule has 2 aromatic rings. The maximum Gasteiger partial charge on any atom is 0.237 e. The van der Waals surface area contributed by atoms with Gasteiger partial charge in [-0.05, 0) is 25.1 Å². The number of thioether (sulfide) groups is 1. The highest BCUT2D eigenvalue weighted by Crippen LogP contribution is 2.23. The zero-order chi connectivity index (χ0) is 14.7. The molecule has 0 saturated heterocycles. The van der Waals surface area contributed by atoms with Crippen LogP contribution in [0.4, 0.5) is 10.1 Å². The fourth-order valence-corrected chi connectivity index (χ4v) is 2.27. The highest BCUT2D eigenvalue weighted by atomic mass is 35.5. The topological polar surface area (TPSA) is 85.8 Å². The van der Waals surface area contributed by atoms with Gasteiger partial charge in [0.1, 0.15) is 12.1 Å². The number of rotatable bonds is 4. The van der Waals surface area contributed by atoms with Crippen LogP contribution in [0.3, 0.4) is 0 Å². The molecular weight excluding hydrogens is 305 g/mol. The summed E-state index contributed by atoms with van der Waals surface area (Å²) in [5, 5.41) is 9.94. The maximum absolute atomic E-state index is 13.0. The van der Waals surface area contributed by atoms with Crippen LogP contribution in [0.2, 0.25) is 5.02 Å². The van der Waals surface area contributed by atoms with E-state index in [4.69, 9.17) is 17.4 Å². The summed E-state index contributed by atoms with van der Waals surface area (Å²) in [4.78, 5) is 12.0. The lowest BCUT2D eigenvalue weighted by atomic mass is 10.3. The van der Waals surface area contributed by atoms with E-state index in [0.717, 1.165) is 11.8 Å².